The van der Waals surface area contributed by atoms with Crippen molar-refractivity contribution < 1.29 is 22.5 Å². The number of rotatable bonds is 15. The summed E-state index contributed by atoms with van der Waals surface area (Å²) in [5, 5.41) is 0. The van der Waals surface area contributed by atoms with Gasteiger partial charge in [0.05, 0.1) is 7.11 Å². The largest absolute Gasteiger partial charge is 0.469 e. The molecule has 0 radical (unpaired) electrons. The van der Waals surface area contributed by atoms with Crippen LogP contribution in [0.3, 0.4) is 0 Å². The Morgan fingerprint density at radius 3 is 2.26 bits per heavy atom. The number of carbonyl (C=O) groups excluding carboxylic acids is 1. The zero-order chi connectivity index (χ0) is 17.3. The van der Waals surface area contributed by atoms with E-state index in [-0.39, 0.29) is 5.97 Å². The molecule has 0 saturated heterocycles. The summed E-state index contributed by atoms with van der Waals surface area (Å²) in [4.78, 5) is 10.9. The molecule has 6 heteroatoms. The van der Waals surface area contributed by atoms with Crippen LogP contribution in [0.5, 0.6) is 0 Å². The van der Waals surface area contributed by atoms with Crippen LogP contribution in [0.2, 0.25) is 0 Å². The molecule has 0 rings (SSSR count). The fourth-order valence-electron chi connectivity index (χ4n) is 2.30. The van der Waals surface area contributed by atoms with Gasteiger partial charge in [-0.1, -0.05) is 45.4 Å². The molecule has 0 saturated carbocycles. The molecule has 0 fully saturated rings. The average Bonchev–Trinajstić information content (AvgIpc) is 2.52. The van der Waals surface area contributed by atoms with Gasteiger partial charge in [0.1, 0.15) is 5.76 Å². The summed E-state index contributed by atoms with van der Waals surface area (Å²) in [5.74, 6) is 0.488. The minimum absolute atomic E-state index is 0.144. The molecule has 0 spiro atoms. The third-order valence-electron chi connectivity index (χ3n) is 3.64. The van der Waals surface area contributed by atoms with E-state index in [0.29, 0.717) is 12.2 Å². The second-order valence-electron chi connectivity index (χ2n) is 5.66. The molecule has 136 valence electrons. The topological polar surface area (TPSA) is 72.8 Å². The Labute approximate surface area is 143 Å². The van der Waals surface area contributed by atoms with Crippen molar-refractivity contribution in [1.29, 1.82) is 0 Å². The first-order valence-electron chi connectivity index (χ1n) is 8.65. The van der Waals surface area contributed by atoms with Crippen LogP contribution in [0.4, 0.5) is 0 Å². The van der Waals surface area contributed by atoms with Crippen molar-refractivity contribution in [2.45, 2.75) is 84.0 Å². The summed E-state index contributed by atoms with van der Waals surface area (Å²) in [6.45, 7) is 2.15. The quantitative estimate of drug-likeness (QED) is 0.197. The summed E-state index contributed by atoms with van der Waals surface area (Å²) in [6.07, 6.45) is 13.6. The number of hydrogen-bond donors (Lipinski definition) is 1. The van der Waals surface area contributed by atoms with E-state index in [1.165, 1.54) is 20.0 Å². The summed E-state index contributed by atoms with van der Waals surface area (Å²) < 4.78 is 29.2. The fraction of sp³-hybridized carbons (Fsp3) is 0.824. The first-order valence-corrected chi connectivity index (χ1v) is 9.68. The Morgan fingerprint density at radius 1 is 1.00 bits per heavy atom. The smallest absolute Gasteiger partial charge is 0.357 e. The second kappa shape index (κ2) is 16.0. The van der Waals surface area contributed by atoms with Crippen molar-refractivity contribution in [3.63, 3.8) is 0 Å². The monoisotopic (exact) mass is 348 g/mol. The van der Waals surface area contributed by atoms with Gasteiger partial charge in [-0.15, -0.1) is 0 Å². The highest BCUT2D eigenvalue weighted by molar-refractivity contribution is 7.74. The first kappa shape index (κ1) is 22.1. The summed E-state index contributed by atoms with van der Waals surface area (Å²) >= 11 is -2.23. The van der Waals surface area contributed by atoms with Gasteiger partial charge in [0, 0.05) is 12.8 Å². The Kier molecular flexibility index (Phi) is 15.4. The number of esters is 1. The number of ether oxygens (including phenoxy) is 1. The molecule has 23 heavy (non-hydrogen) atoms. The molecule has 0 aromatic heterocycles. The number of carbonyl (C=O) groups is 1. The molecule has 0 aromatic rings. The van der Waals surface area contributed by atoms with Gasteiger partial charge in [0.2, 0.25) is 0 Å². The highest BCUT2D eigenvalue weighted by atomic mass is 32.2. The lowest BCUT2D eigenvalue weighted by Crippen LogP contribution is -1.99. The highest BCUT2D eigenvalue weighted by Crippen LogP contribution is 2.15. The predicted molar refractivity (Wildman–Crippen MR) is 93.0 cm³/mol. The van der Waals surface area contributed by atoms with Crippen LogP contribution >= 0.6 is 0 Å². The van der Waals surface area contributed by atoms with E-state index in [9.17, 15) is 9.00 Å². The Bertz CT molecular complexity index is 355. The summed E-state index contributed by atoms with van der Waals surface area (Å²) in [6, 6.07) is 0. The van der Waals surface area contributed by atoms with Crippen molar-refractivity contribution in [2.75, 3.05) is 7.11 Å². The summed E-state index contributed by atoms with van der Waals surface area (Å²) in [7, 11) is 1.41. The Balaban J connectivity index is 3.78. The Hall–Kier alpha value is -0.880. The van der Waals surface area contributed by atoms with Crippen molar-refractivity contribution >= 4 is 17.3 Å². The Morgan fingerprint density at radius 2 is 1.61 bits per heavy atom. The van der Waals surface area contributed by atoms with E-state index in [0.717, 1.165) is 57.8 Å². The molecule has 0 bridgehead atoms. The maximum atomic E-state index is 10.9. The maximum Gasteiger partial charge on any atom is 0.357 e. The lowest BCUT2D eigenvalue weighted by molar-refractivity contribution is -0.140. The summed E-state index contributed by atoms with van der Waals surface area (Å²) in [5.41, 5.74) is 0. The number of unbranched alkanes of at least 4 members (excludes halogenated alkanes) is 8. The molecule has 1 N–H and O–H groups in total. The molecular weight excluding hydrogens is 316 g/mol. The van der Waals surface area contributed by atoms with E-state index in [2.05, 4.69) is 11.7 Å². The normalized spacial score (nSPS) is 12.9. The van der Waals surface area contributed by atoms with Crippen molar-refractivity contribution in [2.24, 2.45) is 0 Å². The number of hydrogen-bond acceptors (Lipinski definition) is 4. The van der Waals surface area contributed by atoms with Crippen LogP contribution in [0, 0.1) is 0 Å². The SMILES string of the molecule is CCCCCC/C(=C\CCCCCCCC(=O)OC)OS(=O)O. The molecule has 0 heterocycles. The number of methoxy groups -OCH3 is 1. The minimum atomic E-state index is -2.23. The van der Waals surface area contributed by atoms with Crippen LogP contribution < -0.4 is 0 Å². The van der Waals surface area contributed by atoms with E-state index in [1.807, 2.05) is 6.08 Å². The van der Waals surface area contributed by atoms with Crippen LogP contribution in [0.25, 0.3) is 0 Å². The van der Waals surface area contributed by atoms with Gasteiger partial charge in [-0.25, -0.2) is 0 Å². The molecule has 5 nitrogen and oxygen atoms in total. The number of allylic oxidation sites excluding steroid dienone is 2. The van der Waals surface area contributed by atoms with E-state index in [4.69, 9.17) is 8.74 Å². The molecule has 0 aliphatic rings. The molecule has 0 aliphatic heterocycles. The van der Waals surface area contributed by atoms with E-state index in [1.54, 1.807) is 0 Å². The van der Waals surface area contributed by atoms with Crippen LogP contribution in [-0.2, 0) is 25.1 Å². The lowest BCUT2D eigenvalue weighted by Gasteiger charge is -2.06. The molecule has 0 amide bonds. The average molecular weight is 349 g/mol. The van der Waals surface area contributed by atoms with Gasteiger partial charge in [-0.3, -0.25) is 9.35 Å². The standard InChI is InChI=1S/C17H32O5S/c1-3-4-5-10-13-16(22-23(19)20)14-11-8-6-7-9-12-15-17(18)21-2/h14H,3-13,15H2,1-2H3,(H,19,20)/b16-14+. The predicted octanol–water partition coefficient (Wildman–Crippen LogP) is 4.90. The molecule has 0 aliphatic carbocycles. The van der Waals surface area contributed by atoms with Gasteiger partial charge in [0.25, 0.3) is 0 Å². The zero-order valence-electron chi connectivity index (χ0n) is 14.6. The second-order valence-corrected chi connectivity index (χ2v) is 6.27. The van der Waals surface area contributed by atoms with Crippen LogP contribution in [-0.4, -0.2) is 21.8 Å². The van der Waals surface area contributed by atoms with Gasteiger partial charge in [-0.2, -0.15) is 4.21 Å². The van der Waals surface area contributed by atoms with Crippen LogP contribution in [0.1, 0.15) is 84.0 Å². The molecular formula is C17H32O5S. The van der Waals surface area contributed by atoms with Gasteiger partial charge in [-0.05, 0) is 31.8 Å². The zero-order valence-corrected chi connectivity index (χ0v) is 15.4. The molecule has 1 unspecified atom stereocenters. The first-order chi connectivity index (χ1) is 11.1. The van der Waals surface area contributed by atoms with Gasteiger partial charge in [0.15, 0.2) is 0 Å². The van der Waals surface area contributed by atoms with Crippen molar-refractivity contribution in [3.05, 3.63) is 11.8 Å². The molecule has 1 atom stereocenters. The minimum Gasteiger partial charge on any atom is -0.469 e. The van der Waals surface area contributed by atoms with E-state index >= 15 is 0 Å². The maximum absolute atomic E-state index is 10.9. The van der Waals surface area contributed by atoms with E-state index < -0.39 is 11.4 Å². The third-order valence-corrected chi connectivity index (χ3v) is 4.00. The third kappa shape index (κ3) is 15.8. The van der Waals surface area contributed by atoms with Crippen molar-refractivity contribution in [1.82, 2.24) is 0 Å². The molecule has 0 aromatic carbocycles. The van der Waals surface area contributed by atoms with Gasteiger partial charge >= 0.3 is 17.3 Å². The van der Waals surface area contributed by atoms with Crippen LogP contribution in [0.15, 0.2) is 11.8 Å². The highest BCUT2D eigenvalue weighted by Gasteiger charge is 2.03. The van der Waals surface area contributed by atoms with Crippen molar-refractivity contribution in [3.8, 4) is 0 Å². The lowest BCUT2D eigenvalue weighted by atomic mass is 10.1. The fourth-order valence-corrected chi connectivity index (χ4v) is 2.64. The van der Waals surface area contributed by atoms with Gasteiger partial charge < -0.3 is 8.92 Å².